The summed E-state index contributed by atoms with van der Waals surface area (Å²) >= 11 is 1.87. The summed E-state index contributed by atoms with van der Waals surface area (Å²) in [6, 6.07) is 57.1. The van der Waals surface area contributed by atoms with Gasteiger partial charge < -0.3 is 0 Å². The maximum absolute atomic E-state index is 5.45. The highest BCUT2D eigenvalue weighted by Gasteiger charge is 2.20. The lowest BCUT2D eigenvalue weighted by Crippen LogP contribution is -1.98. The van der Waals surface area contributed by atoms with Crippen LogP contribution in [0.4, 0.5) is 0 Å². The van der Waals surface area contributed by atoms with Crippen LogP contribution in [0.3, 0.4) is 0 Å². The molecule has 0 unspecified atom stereocenters. The average molecular weight is 603 g/mol. The van der Waals surface area contributed by atoms with E-state index in [4.69, 9.17) is 4.98 Å². The minimum absolute atomic E-state index is 0.946. The Morgan fingerprint density at radius 3 is 1.91 bits per heavy atom. The number of thiophene rings is 1. The first-order valence-corrected chi connectivity index (χ1v) is 16.5. The Morgan fingerprint density at radius 1 is 0.457 bits per heavy atom. The van der Waals surface area contributed by atoms with Gasteiger partial charge in [-0.25, -0.2) is 4.98 Å². The smallest absolute Gasteiger partial charge is 0.145 e. The quantitative estimate of drug-likeness (QED) is 0.184. The molecule has 0 saturated carbocycles. The highest BCUT2D eigenvalue weighted by Crippen LogP contribution is 2.42. The van der Waals surface area contributed by atoms with E-state index in [2.05, 4.69) is 162 Å². The minimum Gasteiger partial charge on any atom is -0.292 e. The predicted octanol–water partition coefficient (Wildman–Crippen LogP) is 12.2. The molecule has 0 aliphatic rings. The Balaban J connectivity index is 1.25. The molecule has 0 atom stereocenters. The zero-order valence-electron chi connectivity index (χ0n) is 24.8. The third-order valence-electron chi connectivity index (χ3n) is 9.38. The van der Waals surface area contributed by atoms with Crippen LogP contribution in [0, 0.1) is 0 Å². The van der Waals surface area contributed by atoms with Crippen LogP contribution in [0.5, 0.6) is 0 Å². The topological polar surface area (TPSA) is 17.8 Å². The van der Waals surface area contributed by atoms with Crippen LogP contribution >= 0.6 is 11.3 Å². The summed E-state index contributed by atoms with van der Waals surface area (Å²) in [6.07, 6.45) is 0. The van der Waals surface area contributed by atoms with Crippen molar-refractivity contribution in [3.63, 3.8) is 0 Å². The van der Waals surface area contributed by atoms with Crippen molar-refractivity contribution in [2.24, 2.45) is 0 Å². The molecule has 0 aliphatic carbocycles. The molecule has 2 heterocycles. The molecule has 10 rings (SSSR count). The largest absolute Gasteiger partial charge is 0.292 e. The molecule has 0 aliphatic heterocycles. The van der Waals surface area contributed by atoms with Crippen LogP contribution in [0.25, 0.3) is 91.7 Å². The van der Waals surface area contributed by atoms with Gasteiger partial charge in [0.15, 0.2) is 0 Å². The molecule has 0 amide bonds. The molecule has 8 aromatic carbocycles. The van der Waals surface area contributed by atoms with E-state index in [9.17, 15) is 0 Å². The van der Waals surface area contributed by atoms with Crippen molar-refractivity contribution in [2.75, 3.05) is 0 Å². The summed E-state index contributed by atoms with van der Waals surface area (Å²) in [7, 11) is 0. The maximum Gasteiger partial charge on any atom is 0.145 e. The van der Waals surface area contributed by atoms with Crippen LogP contribution in [-0.4, -0.2) is 9.55 Å². The maximum atomic E-state index is 5.45. The summed E-state index contributed by atoms with van der Waals surface area (Å²) in [5, 5.41) is 9.92. The Labute approximate surface area is 269 Å². The van der Waals surface area contributed by atoms with Crippen molar-refractivity contribution in [3.05, 3.63) is 158 Å². The van der Waals surface area contributed by atoms with Gasteiger partial charge in [-0.05, 0) is 56.9 Å². The number of nitrogens with zero attached hydrogens (tertiary/aromatic N) is 2. The molecule has 0 N–H and O–H groups in total. The van der Waals surface area contributed by atoms with Gasteiger partial charge in [0.25, 0.3) is 0 Å². The monoisotopic (exact) mass is 602 g/mol. The third kappa shape index (κ3) is 3.73. The van der Waals surface area contributed by atoms with Gasteiger partial charge in [0, 0.05) is 42.2 Å². The number of imidazole rings is 1. The Hall–Kier alpha value is -5.77. The van der Waals surface area contributed by atoms with Crippen LogP contribution in [0.2, 0.25) is 0 Å². The van der Waals surface area contributed by atoms with Crippen molar-refractivity contribution in [3.8, 4) is 28.2 Å². The lowest BCUT2D eigenvalue weighted by Gasteiger charge is -2.14. The van der Waals surface area contributed by atoms with E-state index in [1.165, 1.54) is 63.6 Å². The number of benzene rings is 8. The van der Waals surface area contributed by atoms with Gasteiger partial charge in [0.1, 0.15) is 5.82 Å². The molecule has 214 valence electrons. The van der Waals surface area contributed by atoms with E-state index in [-0.39, 0.29) is 0 Å². The summed E-state index contributed by atoms with van der Waals surface area (Å²) in [6.45, 7) is 0. The second-order valence-electron chi connectivity index (χ2n) is 11.9. The third-order valence-corrected chi connectivity index (χ3v) is 10.6. The molecule has 46 heavy (non-hydrogen) atoms. The second-order valence-corrected chi connectivity index (χ2v) is 13.0. The predicted molar refractivity (Wildman–Crippen MR) is 197 cm³/mol. The second kappa shape index (κ2) is 9.87. The lowest BCUT2D eigenvalue weighted by molar-refractivity contribution is 1.11. The number of rotatable bonds is 3. The van der Waals surface area contributed by atoms with E-state index < -0.39 is 0 Å². The number of fused-ring (bicyclic) bond motifs is 10. The molecule has 0 radical (unpaired) electrons. The van der Waals surface area contributed by atoms with E-state index in [0.717, 1.165) is 28.1 Å². The van der Waals surface area contributed by atoms with Gasteiger partial charge in [-0.1, -0.05) is 133 Å². The van der Waals surface area contributed by atoms with E-state index in [0.29, 0.717) is 0 Å². The molecule has 0 fully saturated rings. The van der Waals surface area contributed by atoms with Gasteiger partial charge in [-0.2, -0.15) is 0 Å². The number of hydrogen-bond acceptors (Lipinski definition) is 2. The molecule has 0 saturated heterocycles. The first-order chi connectivity index (χ1) is 22.8. The zero-order chi connectivity index (χ0) is 30.2. The standard InChI is InChI=1S/C43H26N2S/c1-2-11-29-26-30(21-20-27(29)10-1)43-44-40-36-15-5-3-12-33(36)34-13-4-6-16-37(34)41(40)45(43)31-24-22-28(23-25-31)32-17-9-18-38-35-14-7-8-19-39(35)46-42(32)38/h1-26H. The number of hydrogen-bond donors (Lipinski definition) is 0. The van der Waals surface area contributed by atoms with Gasteiger partial charge in [0.2, 0.25) is 0 Å². The van der Waals surface area contributed by atoms with E-state index in [1.807, 2.05) is 11.3 Å². The Kier molecular flexibility index (Phi) is 5.48. The molecule has 0 bridgehead atoms. The summed E-state index contributed by atoms with van der Waals surface area (Å²) in [4.78, 5) is 5.45. The first kappa shape index (κ1) is 25.5. The molecule has 0 spiro atoms. The van der Waals surface area contributed by atoms with Crippen molar-refractivity contribution in [1.29, 1.82) is 0 Å². The van der Waals surface area contributed by atoms with Crippen molar-refractivity contribution >= 4 is 74.9 Å². The molecule has 2 nitrogen and oxygen atoms in total. The lowest BCUT2D eigenvalue weighted by atomic mass is 9.99. The van der Waals surface area contributed by atoms with Crippen LogP contribution in [0.15, 0.2) is 158 Å². The van der Waals surface area contributed by atoms with E-state index >= 15 is 0 Å². The SMILES string of the molecule is c1ccc2cc(-c3nc4c5ccccc5c5ccccc5c4n3-c3ccc(-c4cccc5c4sc4ccccc45)cc3)ccc2c1. The fraction of sp³-hybridized carbons (Fsp3) is 0. The van der Waals surface area contributed by atoms with Crippen LogP contribution in [0.1, 0.15) is 0 Å². The van der Waals surface area contributed by atoms with Gasteiger partial charge in [-0.15, -0.1) is 11.3 Å². The van der Waals surface area contributed by atoms with E-state index in [1.54, 1.807) is 0 Å². The normalized spacial score (nSPS) is 11.9. The molecule has 3 heteroatoms. The zero-order valence-corrected chi connectivity index (χ0v) is 25.6. The Morgan fingerprint density at radius 2 is 1.09 bits per heavy atom. The van der Waals surface area contributed by atoms with Crippen molar-refractivity contribution < 1.29 is 0 Å². The van der Waals surface area contributed by atoms with Gasteiger partial charge in [-0.3, -0.25) is 4.57 Å². The molecular formula is C43H26N2S. The highest BCUT2D eigenvalue weighted by molar-refractivity contribution is 7.26. The van der Waals surface area contributed by atoms with Crippen molar-refractivity contribution in [2.45, 2.75) is 0 Å². The summed E-state index contributed by atoms with van der Waals surface area (Å²) < 4.78 is 5.03. The van der Waals surface area contributed by atoms with Crippen LogP contribution in [-0.2, 0) is 0 Å². The number of aromatic nitrogens is 2. The highest BCUT2D eigenvalue weighted by atomic mass is 32.1. The molecule has 2 aromatic heterocycles. The molecular weight excluding hydrogens is 577 g/mol. The van der Waals surface area contributed by atoms with Gasteiger partial charge in [0.05, 0.1) is 11.0 Å². The fourth-order valence-corrected chi connectivity index (χ4v) is 8.48. The molecule has 10 aromatic rings. The summed E-state index contributed by atoms with van der Waals surface area (Å²) in [5.74, 6) is 0.946. The van der Waals surface area contributed by atoms with Gasteiger partial charge >= 0.3 is 0 Å². The summed E-state index contributed by atoms with van der Waals surface area (Å²) in [5.41, 5.74) is 6.84. The Bertz CT molecular complexity index is 2800. The van der Waals surface area contributed by atoms with Crippen molar-refractivity contribution in [1.82, 2.24) is 9.55 Å². The van der Waals surface area contributed by atoms with Crippen LogP contribution < -0.4 is 0 Å². The first-order valence-electron chi connectivity index (χ1n) is 15.6. The fourth-order valence-electron chi connectivity index (χ4n) is 7.24. The minimum atomic E-state index is 0.946. The average Bonchev–Trinajstić information content (AvgIpc) is 3.72.